The minimum absolute atomic E-state index is 0.0127. The Morgan fingerprint density at radius 3 is 1.97 bits per heavy atom. The van der Waals surface area contributed by atoms with Crippen LogP contribution in [-0.2, 0) is 4.79 Å². The van der Waals surface area contributed by atoms with Crippen molar-refractivity contribution >= 4 is 17.6 Å². The van der Waals surface area contributed by atoms with Crippen molar-refractivity contribution in [2.45, 2.75) is 26.7 Å². The summed E-state index contributed by atoms with van der Waals surface area (Å²) in [4.78, 5) is 41.7. The van der Waals surface area contributed by atoms with Gasteiger partial charge in [0, 0.05) is 50.1 Å². The molecule has 1 heterocycles. The van der Waals surface area contributed by atoms with Crippen molar-refractivity contribution in [1.82, 2.24) is 9.80 Å². The molecule has 0 atom stereocenters. The molecular weight excluding hydrogens is 424 g/mol. The first kappa shape index (κ1) is 23.4. The molecule has 3 aromatic rings. The van der Waals surface area contributed by atoms with Crippen LogP contribution in [0.4, 0.5) is 0 Å². The van der Waals surface area contributed by atoms with Gasteiger partial charge in [-0.1, -0.05) is 72.3 Å². The maximum Gasteiger partial charge on any atom is 0.254 e. The number of ketones is 1. The summed E-state index contributed by atoms with van der Waals surface area (Å²) in [6.07, 6.45) is 0.371. The van der Waals surface area contributed by atoms with Crippen LogP contribution in [0.2, 0.25) is 0 Å². The lowest BCUT2D eigenvalue weighted by atomic mass is 10.0. The highest BCUT2D eigenvalue weighted by Gasteiger charge is 2.25. The normalized spacial score (nSPS) is 13.6. The summed E-state index contributed by atoms with van der Waals surface area (Å²) in [5.74, 6) is -0.0526. The molecule has 1 aliphatic heterocycles. The molecule has 1 saturated heterocycles. The standard InChI is InChI=1S/C29H30N2O3/c1-21-8-13-26(22(2)20-21)29(34)31-18-16-30(17-19-31)28(33)15-14-27(32)25-11-9-24(10-12-25)23-6-4-3-5-7-23/h3-13,20H,14-19H2,1-2H3. The summed E-state index contributed by atoms with van der Waals surface area (Å²) < 4.78 is 0. The van der Waals surface area contributed by atoms with E-state index in [0.29, 0.717) is 37.3 Å². The number of nitrogens with zero attached hydrogens (tertiary/aromatic N) is 2. The smallest absolute Gasteiger partial charge is 0.254 e. The number of amides is 2. The molecule has 0 bridgehead atoms. The molecule has 1 fully saturated rings. The third-order valence-corrected chi connectivity index (χ3v) is 6.41. The highest BCUT2D eigenvalue weighted by molar-refractivity contribution is 5.98. The van der Waals surface area contributed by atoms with E-state index in [1.807, 2.05) is 86.6 Å². The number of aryl methyl sites for hydroxylation is 2. The van der Waals surface area contributed by atoms with Gasteiger partial charge < -0.3 is 9.80 Å². The molecule has 1 aliphatic rings. The molecule has 5 nitrogen and oxygen atoms in total. The summed E-state index contributed by atoms with van der Waals surface area (Å²) in [6, 6.07) is 23.4. The fraction of sp³-hybridized carbons (Fsp3) is 0.276. The van der Waals surface area contributed by atoms with Gasteiger partial charge >= 0.3 is 0 Å². The van der Waals surface area contributed by atoms with E-state index in [2.05, 4.69) is 0 Å². The van der Waals surface area contributed by atoms with Crippen LogP contribution in [0.15, 0.2) is 72.8 Å². The lowest BCUT2D eigenvalue weighted by Gasteiger charge is -2.35. The molecule has 0 aliphatic carbocycles. The maximum absolute atomic E-state index is 12.9. The average molecular weight is 455 g/mol. The van der Waals surface area contributed by atoms with E-state index in [1.165, 1.54) is 0 Å². The summed E-state index contributed by atoms with van der Waals surface area (Å²) in [7, 11) is 0. The first-order valence-corrected chi connectivity index (χ1v) is 11.8. The summed E-state index contributed by atoms with van der Waals surface area (Å²) in [5.41, 5.74) is 5.60. The van der Waals surface area contributed by atoms with E-state index >= 15 is 0 Å². The van der Waals surface area contributed by atoms with Gasteiger partial charge in [0.05, 0.1) is 0 Å². The van der Waals surface area contributed by atoms with Crippen molar-refractivity contribution in [3.63, 3.8) is 0 Å². The van der Waals surface area contributed by atoms with Gasteiger partial charge in [0.1, 0.15) is 0 Å². The number of rotatable bonds is 6. The Kier molecular flexibility index (Phi) is 7.21. The van der Waals surface area contributed by atoms with E-state index in [1.54, 1.807) is 9.80 Å². The maximum atomic E-state index is 12.9. The van der Waals surface area contributed by atoms with Crippen LogP contribution in [0.25, 0.3) is 11.1 Å². The first-order valence-electron chi connectivity index (χ1n) is 11.8. The predicted octanol–water partition coefficient (Wildman–Crippen LogP) is 4.92. The molecule has 2 amide bonds. The number of carbonyl (C=O) groups excluding carboxylic acids is 3. The Hall–Kier alpha value is -3.73. The number of benzene rings is 3. The summed E-state index contributed by atoms with van der Waals surface area (Å²) in [5, 5.41) is 0. The van der Waals surface area contributed by atoms with Crippen molar-refractivity contribution in [1.29, 1.82) is 0 Å². The molecule has 0 saturated carbocycles. The Labute approximate surface area is 201 Å². The van der Waals surface area contributed by atoms with Crippen LogP contribution in [0.1, 0.15) is 44.7 Å². The van der Waals surface area contributed by atoms with Crippen LogP contribution < -0.4 is 0 Å². The molecule has 4 rings (SSSR count). The Bertz CT molecular complexity index is 1180. The summed E-state index contributed by atoms with van der Waals surface area (Å²) >= 11 is 0. The van der Waals surface area contributed by atoms with Gasteiger partial charge in [-0.15, -0.1) is 0 Å². The van der Waals surface area contributed by atoms with Crippen LogP contribution in [-0.4, -0.2) is 53.6 Å². The molecule has 5 heteroatoms. The molecule has 0 aromatic heterocycles. The Balaban J connectivity index is 1.26. The van der Waals surface area contributed by atoms with Gasteiger partial charge in [-0.25, -0.2) is 0 Å². The summed E-state index contributed by atoms with van der Waals surface area (Å²) in [6.45, 7) is 5.97. The fourth-order valence-corrected chi connectivity index (χ4v) is 4.38. The van der Waals surface area contributed by atoms with Gasteiger partial charge in [0.25, 0.3) is 5.91 Å². The van der Waals surface area contributed by atoms with Crippen molar-refractivity contribution in [3.8, 4) is 11.1 Å². The second-order valence-corrected chi connectivity index (χ2v) is 8.86. The number of hydrogen-bond acceptors (Lipinski definition) is 3. The van der Waals surface area contributed by atoms with Crippen molar-refractivity contribution < 1.29 is 14.4 Å². The predicted molar refractivity (Wildman–Crippen MR) is 134 cm³/mol. The molecular formula is C29H30N2O3. The fourth-order valence-electron chi connectivity index (χ4n) is 4.38. The molecule has 3 aromatic carbocycles. The van der Waals surface area contributed by atoms with Gasteiger partial charge in [0.2, 0.25) is 5.91 Å². The largest absolute Gasteiger partial charge is 0.339 e. The SMILES string of the molecule is Cc1ccc(C(=O)N2CCN(C(=O)CCC(=O)c3ccc(-c4ccccc4)cc3)CC2)c(C)c1. The van der Waals surface area contributed by atoms with Crippen molar-refractivity contribution in [2.75, 3.05) is 26.2 Å². The zero-order valence-corrected chi connectivity index (χ0v) is 19.8. The third kappa shape index (κ3) is 5.42. The highest BCUT2D eigenvalue weighted by atomic mass is 16.2. The molecule has 34 heavy (non-hydrogen) atoms. The molecule has 174 valence electrons. The zero-order valence-electron chi connectivity index (χ0n) is 19.8. The van der Waals surface area contributed by atoms with Crippen LogP contribution in [0.5, 0.6) is 0 Å². The van der Waals surface area contributed by atoms with Gasteiger partial charge in [-0.2, -0.15) is 0 Å². The second-order valence-electron chi connectivity index (χ2n) is 8.86. The van der Waals surface area contributed by atoms with E-state index in [0.717, 1.165) is 22.3 Å². The van der Waals surface area contributed by atoms with E-state index in [-0.39, 0.29) is 30.4 Å². The van der Waals surface area contributed by atoms with Gasteiger partial charge in [-0.05, 0) is 36.6 Å². The first-order chi connectivity index (χ1) is 16.4. The monoisotopic (exact) mass is 454 g/mol. The molecule has 0 spiro atoms. The molecule has 0 unspecified atom stereocenters. The lowest BCUT2D eigenvalue weighted by Crippen LogP contribution is -2.50. The van der Waals surface area contributed by atoms with Crippen LogP contribution in [0.3, 0.4) is 0 Å². The number of hydrogen-bond donors (Lipinski definition) is 0. The van der Waals surface area contributed by atoms with E-state index in [4.69, 9.17) is 0 Å². The second kappa shape index (κ2) is 10.5. The molecule has 0 radical (unpaired) electrons. The van der Waals surface area contributed by atoms with Crippen LogP contribution >= 0.6 is 0 Å². The number of piperazine rings is 1. The molecule has 0 N–H and O–H groups in total. The van der Waals surface area contributed by atoms with Crippen molar-refractivity contribution in [2.24, 2.45) is 0 Å². The third-order valence-electron chi connectivity index (χ3n) is 6.41. The number of carbonyl (C=O) groups is 3. The van der Waals surface area contributed by atoms with Gasteiger partial charge in [-0.3, -0.25) is 14.4 Å². The topological polar surface area (TPSA) is 57.7 Å². The quantitative estimate of drug-likeness (QED) is 0.497. The van der Waals surface area contributed by atoms with E-state index in [9.17, 15) is 14.4 Å². The zero-order chi connectivity index (χ0) is 24.1. The van der Waals surface area contributed by atoms with E-state index < -0.39 is 0 Å². The minimum Gasteiger partial charge on any atom is -0.339 e. The Morgan fingerprint density at radius 1 is 0.706 bits per heavy atom. The minimum atomic E-state index is -0.0344. The highest BCUT2D eigenvalue weighted by Crippen LogP contribution is 2.20. The number of Topliss-reactive ketones (excluding diaryl/α,β-unsaturated/α-hetero) is 1. The Morgan fingerprint density at radius 2 is 1.32 bits per heavy atom. The van der Waals surface area contributed by atoms with Gasteiger partial charge in [0.15, 0.2) is 5.78 Å². The van der Waals surface area contributed by atoms with Crippen LogP contribution in [0, 0.1) is 13.8 Å². The average Bonchev–Trinajstić information content (AvgIpc) is 2.87. The van der Waals surface area contributed by atoms with Crippen molar-refractivity contribution in [3.05, 3.63) is 95.1 Å². The lowest BCUT2D eigenvalue weighted by molar-refractivity contribution is -0.132.